The van der Waals surface area contributed by atoms with Gasteiger partial charge in [0, 0.05) is 0 Å². The van der Waals surface area contributed by atoms with Crippen LogP contribution in [0.1, 0.15) is 40.5 Å². The van der Waals surface area contributed by atoms with Crippen molar-refractivity contribution in [2.45, 2.75) is 40.5 Å². The summed E-state index contributed by atoms with van der Waals surface area (Å²) in [7, 11) is 2.25. The number of nitrogens with zero attached hydrogens (tertiary/aromatic N) is 3. The summed E-state index contributed by atoms with van der Waals surface area (Å²) in [6.07, 6.45) is 2.59. The Morgan fingerprint density at radius 2 is 0.889 bits per heavy atom. The van der Waals surface area contributed by atoms with E-state index in [9.17, 15) is 0 Å². The van der Waals surface area contributed by atoms with E-state index in [4.69, 9.17) is 0 Å². The Morgan fingerprint density at radius 3 is 1.17 bits per heavy atom. The van der Waals surface area contributed by atoms with Gasteiger partial charge < -0.3 is 14.7 Å². The van der Waals surface area contributed by atoms with Gasteiger partial charge in [0.15, 0.2) is 0 Å². The van der Waals surface area contributed by atoms with E-state index >= 15 is 0 Å². The SMILES string of the molecule is CCN(CC)CCCN(C)CCCN(CC)CC. The van der Waals surface area contributed by atoms with E-state index in [-0.39, 0.29) is 0 Å². The largest absolute Gasteiger partial charge is 0.306 e. The van der Waals surface area contributed by atoms with Gasteiger partial charge in [-0.2, -0.15) is 0 Å². The molecule has 0 aromatic heterocycles. The van der Waals surface area contributed by atoms with E-state index in [1.54, 1.807) is 0 Å². The lowest BCUT2D eigenvalue weighted by Gasteiger charge is -2.23. The highest BCUT2D eigenvalue weighted by molar-refractivity contribution is 4.59. The summed E-state index contributed by atoms with van der Waals surface area (Å²) < 4.78 is 0. The number of hydrogen-bond acceptors (Lipinski definition) is 3. The molecule has 3 heteroatoms. The lowest BCUT2D eigenvalue weighted by atomic mass is 10.3. The maximum atomic E-state index is 2.50. The lowest BCUT2D eigenvalue weighted by Crippen LogP contribution is -2.30. The van der Waals surface area contributed by atoms with Gasteiger partial charge in [0.1, 0.15) is 0 Å². The number of rotatable bonds is 12. The third-order valence-electron chi connectivity index (χ3n) is 3.82. The summed E-state index contributed by atoms with van der Waals surface area (Å²) in [5.74, 6) is 0. The average molecular weight is 257 g/mol. The van der Waals surface area contributed by atoms with E-state index in [2.05, 4.69) is 49.4 Å². The molecule has 0 saturated carbocycles. The van der Waals surface area contributed by atoms with Crippen LogP contribution >= 0.6 is 0 Å². The molecule has 110 valence electrons. The van der Waals surface area contributed by atoms with Crippen molar-refractivity contribution in [3.63, 3.8) is 0 Å². The number of hydrogen-bond donors (Lipinski definition) is 0. The van der Waals surface area contributed by atoms with Gasteiger partial charge in [0.05, 0.1) is 0 Å². The smallest absolute Gasteiger partial charge is 0.000678 e. The molecule has 0 unspecified atom stereocenters. The molecule has 0 heterocycles. The summed E-state index contributed by atoms with van der Waals surface area (Å²) in [5.41, 5.74) is 0. The molecule has 0 aliphatic carbocycles. The first-order chi connectivity index (χ1) is 8.67. The highest BCUT2D eigenvalue weighted by Crippen LogP contribution is 1.96. The van der Waals surface area contributed by atoms with Crippen LogP contribution in [0, 0.1) is 0 Å². The molecule has 0 bridgehead atoms. The molecule has 0 radical (unpaired) electrons. The maximum absolute atomic E-state index is 2.50. The van der Waals surface area contributed by atoms with Gasteiger partial charge in [-0.15, -0.1) is 0 Å². The third-order valence-corrected chi connectivity index (χ3v) is 3.82. The Balaban J connectivity index is 3.50. The topological polar surface area (TPSA) is 9.72 Å². The molecule has 3 nitrogen and oxygen atoms in total. The van der Waals surface area contributed by atoms with E-state index < -0.39 is 0 Å². The van der Waals surface area contributed by atoms with Crippen molar-refractivity contribution in [3.8, 4) is 0 Å². The minimum atomic E-state index is 1.18. The average Bonchev–Trinajstić information content (AvgIpc) is 2.40. The van der Waals surface area contributed by atoms with Crippen molar-refractivity contribution in [1.82, 2.24) is 14.7 Å². The summed E-state index contributed by atoms with van der Waals surface area (Å²) >= 11 is 0. The summed E-state index contributed by atoms with van der Waals surface area (Å²) in [6, 6.07) is 0. The van der Waals surface area contributed by atoms with Crippen LogP contribution in [0.15, 0.2) is 0 Å². The quantitative estimate of drug-likeness (QED) is 0.531. The Bertz CT molecular complexity index is 147. The molecule has 0 aliphatic rings. The molecule has 18 heavy (non-hydrogen) atoms. The van der Waals surface area contributed by atoms with Crippen LogP contribution in [0.3, 0.4) is 0 Å². The first-order valence-electron chi connectivity index (χ1n) is 7.81. The van der Waals surface area contributed by atoms with Gasteiger partial charge >= 0.3 is 0 Å². The van der Waals surface area contributed by atoms with Crippen LogP contribution in [0.5, 0.6) is 0 Å². The molecular weight excluding hydrogens is 222 g/mol. The van der Waals surface area contributed by atoms with Crippen LogP contribution in [-0.2, 0) is 0 Å². The van der Waals surface area contributed by atoms with Gasteiger partial charge in [-0.25, -0.2) is 0 Å². The zero-order chi connectivity index (χ0) is 13.8. The van der Waals surface area contributed by atoms with Crippen molar-refractivity contribution in [1.29, 1.82) is 0 Å². The van der Waals surface area contributed by atoms with Crippen molar-refractivity contribution in [2.75, 3.05) is 59.4 Å². The Kier molecular flexibility index (Phi) is 11.9. The van der Waals surface area contributed by atoms with E-state index in [1.807, 2.05) is 0 Å². The normalized spacial score (nSPS) is 12.0. The van der Waals surface area contributed by atoms with Crippen LogP contribution < -0.4 is 0 Å². The predicted molar refractivity (Wildman–Crippen MR) is 82.3 cm³/mol. The predicted octanol–water partition coefficient (Wildman–Crippen LogP) is 2.38. The molecule has 0 aliphatic heterocycles. The van der Waals surface area contributed by atoms with Gasteiger partial charge in [-0.1, -0.05) is 27.7 Å². The molecule has 0 atom stereocenters. The van der Waals surface area contributed by atoms with E-state index in [0.717, 1.165) is 0 Å². The van der Waals surface area contributed by atoms with Crippen LogP contribution in [0.25, 0.3) is 0 Å². The molecule has 0 N–H and O–H groups in total. The van der Waals surface area contributed by atoms with Gasteiger partial charge in [0.25, 0.3) is 0 Å². The van der Waals surface area contributed by atoms with Crippen molar-refractivity contribution in [2.24, 2.45) is 0 Å². The highest BCUT2D eigenvalue weighted by atomic mass is 15.1. The monoisotopic (exact) mass is 257 g/mol. The van der Waals surface area contributed by atoms with Crippen LogP contribution in [0.2, 0.25) is 0 Å². The molecule has 0 amide bonds. The summed E-state index contributed by atoms with van der Waals surface area (Å²) in [4.78, 5) is 7.49. The Morgan fingerprint density at radius 1 is 0.556 bits per heavy atom. The zero-order valence-electron chi connectivity index (χ0n) is 13.4. The third kappa shape index (κ3) is 8.90. The second-order valence-corrected chi connectivity index (χ2v) is 5.06. The molecule has 0 aromatic carbocycles. The molecular formula is C15H35N3. The summed E-state index contributed by atoms with van der Waals surface area (Å²) in [5, 5.41) is 0. The first kappa shape index (κ1) is 17.9. The van der Waals surface area contributed by atoms with Crippen LogP contribution in [-0.4, -0.2) is 74.1 Å². The fourth-order valence-electron chi connectivity index (χ4n) is 2.32. The van der Waals surface area contributed by atoms with Gasteiger partial charge in [0.2, 0.25) is 0 Å². The summed E-state index contributed by atoms with van der Waals surface area (Å²) in [6.45, 7) is 18.7. The first-order valence-corrected chi connectivity index (χ1v) is 7.81. The second-order valence-electron chi connectivity index (χ2n) is 5.06. The fraction of sp³-hybridized carbons (Fsp3) is 1.00. The van der Waals surface area contributed by atoms with Crippen molar-refractivity contribution < 1.29 is 0 Å². The lowest BCUT2D eigenvalue weighted by molar-refractivity contribution is 0.242. The van der Waals surface area contributed by atoms with Crippen LogP contribution in [0.4, 0.5) is 0 Å². The minimum Gasteiger partial charge on any atom is -0.306 e. The Labute approximate surface area is 115 Å². The maximum Gasteiger partial charge on any atom is -0.000678 e. The molecule has 0 spiro atoms. The minimum absolute atomic E-state index is 1.18. The van der Waals surface area contributed by atoms with Crippen molar-refractivity contribution in [3.05, 3.63) is 0 Å². The van der Waals surface area contributed by atoms with Gasteiger partial charge in [-0.3, -0.25) is 0 Å². The standard InChI is InChI=1S/C15H35N3/c1-6-17(7-2)14-10-12-16(5)13-11-15-18(8-3)9-4/h6-15H2,1-5H3. The van der Waals surface area contributed by atoms with Crippen molar-refractivity contribution >= 4 is 0 Å². The van der Waals surface area contributed by atoms with E-state index in [0.29, 0.717) is 0 Å². The zero-order valence-corrected chi connectivity index (χ0v) is 13.4. The molecule has 0 saturated heterocycles. The van der Waals surface area contributed by atoms with E-state index in [1.165, 1.54) is 65.2 Å². The Hall–Kier alpha value is -0.120. The molecule has 0 aromatic rings. The molecule has 0 fully saturated rings. The second kappa shape index (κ2) is 11.9. The highest BCUT2D eigenvalue weighted by Gasteiger charge is 2.03. The fourth-order valence-corrected chi connectivity index (χ4v) is 2.32. The molecule has 0 rings (SSSR count). The van der Waals surface area contributed by atoms with Gasteiger partial charge in [-0.05, 0) is 72.2 Å².